The number of amides is 1. The van der Waals surface area contributed by atoms with E-state index in [0.29, 0.717) is 15.7 Å². The fourth-order valence-electron chi connectivity index (χ4n) is 2.17. The van der Waals surface area contributed by atoms with Crippen LogP contribution in [0.1, 0.15) is 10.4 Å². The lowest BCUT2D eigenvalue weighted by atomic mass is 10.2. The summed E-state index contributed by atoms with van der Waals surface area (Å²) in [6, 6.07) is 15.9. The number of rotatable bonds is 5. The van der Waals surface area contributed by atoms with Crippen LogP contribution in [0.3, 0.4) is 0 Å². The number of hydrogen-bond donors (Lipinski definition) is 2. The van der Waals surface area contributed by atoms with E-state index in [1.165, 1.54) is 24.3 Å². The van der Waals surface area contributed by atoms with Gasteiger partial charge in [-0.15, -0.1) is 11.3 Å². The first-order valence-electron chi connectivity index (χ1n) is 7.29. The van der Waals surface area contributed by atoms with Crippen LogP contribution in [0, 0.1) is 0 Å². The van der Waals surface area contributed by atoms with Crippen LogP contribution in [0.15, 0.2) is 65.6 Å². The zero-order valence-electron chi connectivity index (χ0n) is 13.1. The number of benzene rings is 2. The fourth-order valence-corrected chi connectivity index (χ4v) is 4.70. The van der Waals surface area contributed by atoms with Gasteiger partial charge in [-0.25, -0.2) is 8.42 Å². The molecule has 0 atom stereocenters. The van der Waals surface area contributed by atoms with Gasteiger partial charge in [0, 0.05) is 5.69 Å². The van der Waals surface area contributed by atoms with Crippen molar-refractivity contribution >= 4 is 61.8 Å². The van der Waals surface area contributed by atoms with Crippen molar-refractivity contribution in [2.75, 3.05) is 10.0 Å². The van der Waals surface area contributed by atoms with Gasteiger partial charge < -0.3 is 5.32 Å². The number of hydrogen-bond acceptors (Lipinski definition) is 4. The van der Waals surface area contributed by atoms with Gasteiger partial charge in [-0.1, -0.05) is 47.5 Å². The van der Waals surface area contributed by atoms with Crippen LogP contribution in [-0.2, 0) is 10.0 Å². The van der Waals surface area contributed by atoms with Crippen molar-refractivity contribution in [1.29, 1.82) is 0 Å². The number of nitrogens with one attached hydrogen (secondary N) is 2. The summed E-state index contributed by atoms with van der Waals surface area (Å²) < 4.78 is 27.9. The van der Waals surface area contributed by atoms with Crippen LogP contribution in [0.2, 0.25) is 8.67 Å². The molecule has 0 saturated heterocycles. The van der Waals surface area contributed by atoms with E-state index in [2.05, 4.69) is 10.0 Å². The highest BCUT2D eigenvalue weighted by Gasteiger charge is 2.16. The molecule has 5 nitrogen and oxygen atoms in total. The van der Waals surface area contributed by atoms with E-state index in [9.17, 15) is 13.2 Å². The van der Waals surface area contributed by atoms with Gasteiger partial charge in [0.15, 0.2) is 0 Å². The van der Waals surface area contributed by atoms with Crippen LogP contribution in [0.25, 0.3) is 0 Å². The summed E-state index contributed by atoms with van der Waals surface area (Å²) in [6.07, 6.45) is 0. The highest BCUT2D eigenvalue weighted by atomic mass is 35.5. The van der Waals surface area contributed by atoms with Gasteiger partial charge in [0.1, 0.15) is 4.34 Å². The minimum absolute atomic E-state index is 0.147. The zero-order valence-corrected chi connectivity index (χ0v) is 16.2. The van der Waals surface area contributed by atoms with E-state index >= 15 is 0 Å². The Bertz CT molecular complexity index is 1050. The molecule has 0 aliphatic heterocycles. The topological polar surface area (TPSA) is 75.3 Å². The highest BCUT2D eigenvalue weighted by molar-refractivity contribution is 7.92. The van der Waals surface area contributed by atoms with Crippen molar-refractivity contribution in [2.45, 2.75) is 4.90 Å². The monoisotopic (exact) mass is 426 g/mol. The SMILES string of the molecule is O=C(Nc1cccc(NS(=O)(=O)c2ccccc2)c1)c1cc(Cl)sc1Cl. The summed E-state index contributed by atoms with van der Waals surface area (Å²) in [5.74, 6) is -0.429. The summed E-state index contributed by atoms with van der Waals surface area (Å²) in [5, 5.41) is 2.67. The van der Waals surface area contributed by atoms with Crippen molar-refractivity contribution in [1.82, 2.24) is 0 Å². The van der Waals surface area contributed by atoms with Crippen molar-refractivity contribution in [2.24, 2.45) is 0 Å². The number of thiophene rings is 1. The normalized spacial score (nSPS) is 11.2. The summed E-state index contributed by atoms with van der Waals surface area (Å²) in [7, 11) is -3.71. The molecule has 0 aliphatic carbocycles. The van der Waals surface area contributed by atoms with Crippen LogP contribution in [0.5, 0.6) is 0 Å². The predicted octanol–water partition coefficient (Wildman–Crippen LogP) is 5.11. The Morgan fingerprint density at radius 2 is 1.62 bits per heavy atom. The van der Waals surface area contributed by atoms with E-state index in [1.54, 1.807) is 36.4 Å². The van der Waals surface area contributed by atoms with Gasteiger partial charge in [0.25, 0.3) is 15.9 Å². The molecule has 0 unspecified atom stereocenters. The largest absolute Gasteiger partial charge is 0.322 e. The first-order valence-corrected chi connectivity index (χ1v) is 10.3. The quantitative estimate of drug-likeness (QED) is 0.594. The second-order valence-corrected chi connectivity index (χ2v) is 9.16. The summed E-state index contributed by atoms with van der Waals surface area (Å²) >= 11 is 12.9. The Labute approximate surface area is 164 Å². The maximum absolute atomic E-state index is 12.4. The molecule has 2 aromatic carbocycles. The van der Waals surface area contributed by atoms with Gasteiger partial charge in [-0.3, -0.25) is 9.52 Å². The zero-order chi connectivity index (χ0) is 18.7. The van der Waals surface area contributed by atoms with Crippen LogP contribution >= 0.6 is 34.5 Å². The second kappa shape index (κ2) is 7.67. The lowest BCUT2D eigenvalue weighted by Crippen LogP contribution is -2.14. The molecule has 26 heavy (non-hydrogen) atoms. The van der Waals surface area contributed by atoms with Crippen molar-refractivity contribution < 1.29 is 13.2 Å². The Balaban J connectivity index is 1.78. The number of carbonyl (C=O) groups excluding carboxylic acids is 1. The van der Waals surface area contributed by atoms with Gasteiger partial charge in [0.2, 0.25) is 0 Å². The van der Waals surface area contributed by atoms with Crippen molar-refractivity contribution in [3.63, 3.8) is 0 Å². The molecule has 1 heterocycles. The average Bonchev–Trinajstić information content (AvgIpc) is 2.94. The minimum Gasteiger partial charge on any atom is -0.322 e. The number of anilines is 2. The molecule has 3 aromatic rings. The summed E-state index contributed by atoms with van der Waals surface area (Å²) in [6.45, 7) is 0. The number of halogens is 2. The number of sulfonamides is 1. The molecular weight excluding hydrogens is 415 g/mol. The third kappa shape index (κ3) is 4.37. The van der Waals surface area contributed by atoms with Gasteiger partial charge in [-0.2, -0.15) is 0 Å². The van der Waals surface area contributed by atoms with Crippen LogP contribution in [0.4, 0.5) is 11.4 Å². The van der Waals surface area contributed by atoms with Crippen molar-refractivity contribution in [3.05, 3.63) is 74.9 Å². The third-order valence-corrected chi connectivity index (χ3v) is 6.21. The maximum Gasteiger partial charge on any atom is 0.261 e. The summed E-state index contributed by atoms with van der Waals surface area (Å²) in [4.78, 5) is 12.4. The average molecular weight is 427 g/mol. The maximum atomic E-state index is 12.4. The molecular formula is C17H12Cl2N2O3S2. The van der Waals surface area contributed by atoms with Gasteiger partial charge >= 0.3 is 0 Å². The fraction of sp³-hybridized carbons (Fsp3) is 0. The van der Waals surface area contributed by atoms with E-state index in [4.69, 9.17) is 23.2 Å². The second-order valence-electron chi connectivity index (χ2n) is 5.19. The Morgan fingerprint density at radius 1 is 0.923 bits per heavy atom. The van der Waals surface area contributed by atoms with Gasteiger partial charge in [-0.05, 0) is 36.4 Å². The molecule has 0 aliphatic rings. The van der Waals surface area contributed by atoms with E-state index in [0.717, 1.165) is 11.3 Å². The smallest absolute Gasteiger partial charge is 0.261 e. The molecule has 1 amide bonds. The van der Waals surface area contributed by atoms with Crippen molar-refractivity contribution in [3.8, 4) is 0 Å². The Morgan fingerprint density at radius 3 is 2.27 bits per heavy atom. The Hall–Kier alpha value is -2.06. The molecule has 3 rings (SSSR count). The first-order chi connectivity index (χ1) is 12.3. The first kappa shape index (κ1) is 18.7. The molecule has 9 heteroatoms. The molecule has 1 aromatic heterocycles. The predicted molar refractivity (Wildman–Crippen MR) is 106 cm³/mol. The standard InChI is InChI=1S/C17H12Cl2N2O3S2/c18-15-10-14(16(19)25-15)17(22)20-11-5-4-6-12(9-11)21-26(23,24)13-7-2-1-3-8-13/h1-10,21H,(H,20,22). The third-order valence-electron chi connectivity index (χ3n) is 3.33. The molecule has 0 saturated carbocycles. The molecule has 0 bridgehead atoms. The number of carbonyl (C=O) groups is 1. The van der Waals surface area contributed by atoms with E-state index in [1.807, 2.05) is 0 Å². The molecule has 0 fully saturated rings. The molecule has 0 radical (unpaired) electrons. The van der Waals surface area contributed by atoms with E-state index < -0.39 is 15.9 Å². The Kier molecular flexibility index (Phi) is 5.52. The van der Waals surface area contributed by atoms with Crippen LogP contribution in [-0.4, -0.2) is 14.3 Å². The van der Waals surface area contributed by atoms with Gasteiger partial charge in [0.05, 0.1) is 20.5 Å². The molecule has 134 valence electrons. The lowest BCUT2D eigenvalue weighted by molar-refractivity contribution is 0.102. The molecule has 0 spiro atoms. The minimum atomic E-state index is -3.71. The highest BCUT2D eigenvalue weighted by Crippen LogP contribution is 2.31. The summed E-state index contributed by atoms with van der Waals surface area (Å²) in [5.41, 5.74) is 1.000. The molecule has 2 N–H and O–H groups in total. The lowest BCUT2D eigenvalue weighted by Gasteiger charge is -2.10. The van der Waals surface area contributed by atoms with Crippen LogP contribution < -0.4 is 10.0 Å². The van der Waals surface area contributed by atoms with E-state index in [-0.39, 0.29) is 14.8 Å².